The van der Waals surface area contributed by atoms with E-state index in [2.05, 4.69) is 15.9 Å². The molecule has 6 heteroatoms. The van der Waals surface area contributed by atoms with Gasteiger partial charge in [-0.15, -0.1) is 0 Å². The van der Waals surface area contributed by atoms with Crippen LogP contribution in [0.15, 0.2) is 12.1 Å². The first kappa shape index (κ1) is 14.0. The third kappa shape index (κ3) is 3.73. The van der Waals surface area contributed by atoms with Crippen LogP contribution in [0.3, 0.4) is 0 Å². The van der Waals surface area contributed by atoms with Crippen LogP contribution in [-0.2, 0) is 16.0 Å². The Morgan fingerprint density at radius 3 is 2.47 bits per heavy atom. The van der Waals surface area contributed by atoms with E-state index in [9.17, 15) is 18.0 Å². The number of esters is 1. The summed E-state index contributed by atoms with van der Waals surface area (Å²) in [4.78, 5) is 10.5. The van der Waals surface area contributed by atoms with Crippen molar-refractivity contribution in [1.82, 2.24) is 0 Å². The van der Waals surface area contributed by atoms with E-state index in [1.54, 1.807) is 6.92 Å². The molecule has 17 heavy (non-hydrogen) atoms. The number of carbonyl (C=O) groups excluding carboxylic acids is 1. The van der Waals surface area contributed by atoms with Crippen molar-refractivity contribution in [3.63, 3.8) is 0 Å². The second-order valence-electron chi connectivity index (χ2n) is 3.28. The lowest BCUT2D eigenvalue weighted by Crippen LogP contribution is -2.20. The molecule has 1 aromatic carbocycles. The fourth-order valence-corrected chi connectivity index (χ4v) is 1.71. The highest BCUT2D eigenvalue weighted by Crippen LogP contribution is 2.18. The van der Waals surface area contributed by atoms with Crippen molar-refractivity contribution in [2.75, 3.05) is 6.61 Å². The second kappa shape index (κ2) is 6.05. The Morgan fingerprint density at radius 2 is 1.88 bits per heavy atom. The minimum atomic E-state index is -1.26. The topological polar surface area (TPSA) is 26.3 Å². The van der Waals surface area contributed by atoms with Gasteiger partial charge in [0, 0.05) is 6.07 Å². The second-order valence-corrected chi connectivity index (χ2v) is 4.39. The molecule has 0 spiro atoms. The highest BCUT2D eigenvalue weighted by molar-refractivity contribution is 9.10. The maximum atomic E-state index is 13.3. The van der Waals surface area contributed by atoms with Crippen molar-refractivity contribution >= 4 is 21.9 Å². The number of halogens is 4. The number of ether oxygens (including phenoxy) is 1. The molecule has 94 valence electrons. The lowest BCUT2D eigenvalue weighted by Gasteiger charge is -2.10. The summed E-state index contributed by atoms with van der Waals surface area (Å²) in [6.45, 7) is 1.83. The van der Waals surface area contributed by atoms with E-state index < -0.39 is 28.2 Å². The molecule has 0 aliphatic rings. The molecular weight excluding hydrogens is 301 g/mol. The van der Waals surface area contributed by atoms with E-state index in [4.69, 9.17) is 4.74 Å². The van der Waals surface area contributed by atoms with Crippen molar-refractivity contribution in [3.05, 3.63) is 35.1 Å². The number of alkyl halides is 1. The van der Waals surface area contributed by atoms with E-state index in [1.807, 2.05) is 0 Å². The summed E-state index contributed by atoms with van der Waals surface area (Å²) in [6.07, 6.45) is -0.109. The van der Waals surface area contributed by atoms with Crippen LogP contribution in [0.25, 0.3) is 0 Å². The Morgan fingerprint density at radius 1 is 1.29 bits per heavy atom. The van der Waals surface area contributed by atoms with Gasteiger partial charge in [-0.05, 0) is 25.0 Å². The molecule has 0 heterocycles. The predicted octanol–water partition coefficient (Wildman–Crippen LogP) is 2.97. The van der Waals surface area contributed by atoms with Gasteiger partial charge in [0.1, 0.15) is 10.6 Å². The molecule has 1 aromatic rings. The van der Waals surface area contributed by atoms with Crippen LogP contribution in [0.1, 0.15) is 12.5 Å². The monoisotopic (exact) mass is 310 g/mol. The standard InChI is InChI=1S/C11H10BrF3O2/c1-2-17-11(16)7(12)3-6-4-9(14)10(15)5-8(6)13/h4-5,7H,2-3H2,1H3. The molecule has 0 N–H and O–H groups in total. The van der Waals surface area contributed by atoms with Gasteiger partial charge in [-0.3, -0.25) is 4.79 Å². The largest absolute Gasteiger partial charge is 0.465 e. The number of hydrogen-bond donors (Lipinski definition) is 0. The van der Waals surface area contributed by atoms with Crippen LogP contribution in [0, 0.1) is 17.5 Å². The lowest BCUT2D eigenvalue weighted by molar-refractivity contribution is -0.142. The first-order chi connectivity index (χ1) is 7.95. The van der Waals surface area contributed by atoms with Crippen LogP contribution in [0.2, 0.25) is 0 Å². The minimum Gasteiger partial charge on any atom is -0.465 e. The number of rotatable bonds is 4. The zero-order chi connectivity index (χ0) is 13.0. The highest BCUT2D eigenvalue weighted by Gasteiger charge is 2.19. The lowest BCUT2D eigenvalue weighted by atomic mass is 10.1. The first-order valence-corrected chi connectivity index (χ1v) is 5.81. The van der Waals surface area contributed by atoms with Crippen molar-refractivity contribution in [2.45, 2.75) is 18.2 Å². The normalized spacial score (nSPS) is 12.3. The van der Waals surface area contributed by atoms with Gasteiger partial charge in [0.25, 0.3) is 0 Å². The molecule has 1 atom stereocenters. The number of hydrogen-bond acceptors (Lipinski definition) is 2. The zero-order valence-corrected chi connectivity index (χ0v) is 10.6. The Bertz CT molecular complexity index is 423. The molecule has 1 rings (SSSR count). The highest BCUT2D eigenvalue weighted by atomic mass is 79.9. The summed E-state index contributed by atoms with van der Waals surface area (Å²) < 4.78 is 43.5. The smallest absolute Gasteiger partial charge is 0.320 e. The SMILES string of the molecule is CCOC(=O)C(Br)Cc1cc(F)c(F)cc1F. The quantitative estimate of drug-likeness (QED) is 0.485. The van der Waals surface area contributed by atoms with Gasteiger partial charge in [-0.25, -0.2) is 13.2 Å². The Hall–Kier alpha value is -1.04. The van der Waals surface area contributed by atoms with Gasteiger partial charge in [0.05, 0.1) is 6.61 Å². The van der Waals surface area contributed by atoms with Crippen molar-refractivity contribution < 1.29 is 22.7 Å². The summed E-state index contributed by atoms with van der Waals surface area (Å²) in [5.41, 5.74) is -0.0844. The third-order valence-electron chi connectivity index (χ3n) is 2.03. The van der Waals surface area contributed by atoms with Crippen LogP contribution in [0.5, 0.6) is 0 Å². The van der Waals surface area contributed by atoms with Gasteiger partial charge < -0.3 is 4.74 Å². The van der Waals surface area contributed by atoms with Crippen LogP contribution < -0.4 is 0 Å². The average molecular weight is 311 g/mol. The van der Waals surface area contributed by atoms with E-state index in [0.29, 0.717) is 6.07 Å². The average Bonchev–Trinajstić information content (AvgIpc) is 2.26. The van der Waals surface area contributed by atoms with Crippen molar-refractivity contribution in [2.24, 2.45) is 0 Å². The maximum absolute atomic E-state index is 13.3. The zero-order valence-electron chi connectivity index (χ0n) is 8.97. The molecule has 0 fully saturated rings. The van der Waals surface area contributed by atoms with Gasteiger partial charge in [0.2, 0.25) is 0 Å². The van der Waals surface area contributed by atoms with E-state index in [1.165, 1.54) is 0 Å². The number of carbonyl (C=O) groups is 1. The maximum Gasteiger partial charge on any atom is 0.320 e. The van der Waals surface area contributed by atoms with Crippen LogP contribution >= 0.6 is 15.9 Å². The summed E-state index contributed by atoms with van der Waals surface area (Å²) in [7, 11) is 0. The summed E-state index contributed by atoms with van der Waals surface area (Å²) in [6, 6.07) is 1.19. The van der Waals surface area contributed by atoms with Gasteiger partial charge in [-0.2, -0.15) is 0 Å². The molecule has 0 saturated carbocycles. The summed E-state index contributed by atoms with van der Waals surface area (Å²) in [5, 5.41) is 0. The van der Waals surface area contributed by atoms with Crippen molar-refractivity contribution in [3.8, 4) is 0 Å². The molecular formula is C11H10BrF3O2. The third-order valence-corrected chi connectivity index (χ3v) is 2.73. The molecule has 0 amide bonds. The van der Waals surface area contributed by atoms with Gasteiger partial charge in [-0.1, -0.05) is 15.9 Å². The van der Waals surface area contributed by atoms with Gasteiger partial charge in [0.15, 0.2) is 11.6 Å². The van der Waals surface area contributed by atoms with E-state index in [0.717, 1.165) is 6.07 Å². The van der Waals surface area contributed by atoms with Crippen LogP contribution in [0.4, 0.5) is 13.2 Å². The molecule has 0 radical (unpaired) electrons. The summed E-state index contributed by atoms with van der Waals surface area (Å²) in [5.74, 6) is -3.87. The van der Waals surface area contributed by atoms with Crippen molar-refractivity contribution in [1.29, 1.82) is 0 Å². The fraction of sp³-hybridized carbons (Fsp3) is 0.364. The van der Waals surface area contributed by atoms with Gasteiger partial charge >= 0.3 is 5.97 Å². The van der Waals surface area contributed by atoms with E-state index >= 15 is 0 Å². The molecule has 0 aromatic heterocycles. The molecule has 0 saturated heterocycles. The Balaban J connectivity index is 2.81. The molecule has 0 aliphatic heterocycles. The summed E-state index contributed by atoms with van der Waals surface area (Å²) >= 11 is 3.00. The molecule has 1 unspecified atom stereocenters. The Labute approximate surface area is 105 Å². The van der Waals surface area contributed by atoms with E-state index in [-0.39, 0.29) is 18.6 Å². The molecule has 2 nitrogen and oxygen atoms in total. The van der Waals surface area contributed by atoms with Crippen LogP contribution in [-0.4, -0.2) is 17.4 Å². The molecule has 0 bridgehead atoms. The minimum absolute atomic E-state index is 0.0844. The fourth-order valence-electron chi connectivity index (χ4n) is 1.23. The first-order valence-electron chi connectivity index (χ1n) is 4.89. The Kier molecular flexibility index (Phi) is 4.99. The molecule has 0 aliphatic carbocycles. The predicted molar refractivity (Wildman–Crippen MR) is 59.4 cm³/mol. The number of benzene rings is 1.